The quantitative estimate of drug-likeness (QED) is 0.311. The summed E-state index contributed by atoms with van der Waals surface area (Å²) in [7, 11) is 3.09. The van der Waals surface area contributed by atoms with Crippen molar-refractivity contribution >= 4 is 38.4 Å². The molecule has 4 aromatic carbocycles. The van der Waals surface area contributed by atoms with Crippen molar-refractivity contribution in [1.82, 2.24) is 0 Å². The molecule has 0 amide bonds. The molecule has 0 heterocycles. The second-order valence-electron chi connectivity index (χ2n) is 8.26. The summed E-state index contributed by atoms with van der Waals surface area (Å²) in [5.74, 6) is 1.53. The molecule has 162 valence electrons. The summed E-state index contributed by atoms with van der Waals surface area (Å²) in [5.41, 5.74) is 3.94. The number of rotatable bonds is 8. The van der Waals surface area contributed by atoms with Crippen molar-refractivity contribution in [2.75, 3.05) is 7.11 Å². The van der Waals surface area contributed by atoms with E-state index in [0.717, 1.165) is 12.2 Å². The Balaban J connectivity index is 1.46. The Morgan fingerprint density at radius 1 is 0.656 bits per heavy atom. The Kier molecular flexibility index (Phi) is 7.75. The van der Waals surface area contributed by atoms with Crippen molar-refractivity contribution < 1.29 is 4.74 Å². The van der Waals surface area contributed by atoms with Crippen LogP contribution >= 0.6 is 17.2 Å². The number of ether oxygens (including phenoxy) is 1. The van der Waals surface area contributed by atoms with Gasteiger partial charge in [0.2, 0.25) is 0 Å². The average Bonchev–Trinajstić information content (AvgIpc) is 2.82. The molecule has 0 saturated carbocycles. The molecule has 0 aliphatic heterocycles. The summed E-state index contributed by atoms with van der Waals surface area (Å²) >= 11 is 0. The van der Waals surface area contributed by atoms with E-state index in [0.29, 0.717) is 23.1 Å². The molecule has 2 unspecified atom stereocenters. The van der Waals surface area contributed by atoms with Gasteiger partial charge in [0.05, 0.1) is 7.11 Å². The summed E-state index contributed by atoms with van der Waals surface area (Å²) in [5, 5.41) is 5.66. The molecule has 0 radical (unpaired) electrons. The zero-order chi connectivity index (χ0) is 22.3. The van der Waals surface area contributed by atoms with E-state index in [1.54, 1.807) is 7.11 Å². The predicted molar refractivity (Wildman–Crippen MR) is 144 cm³/mol. The maximum atomic E-state index is 5.50. The van der Waals surface area contributed by atoms with Crippen molar-refractivity contribution in [3.05, 3.63) is 114 Å². The van der Waals surface area contributed by atoms with Gasteiger partial charge >= 0.3 is 0 Å². The molecule has 2 atom stereocenters. The van der Waals surface area contributed by atoms with Crippen LogP contribution in [0.25, 0.3) is 0 Å². The molecule has 4 rings (SSSR count). The molecule has 0 aliphatic carbocycles. The lowest BCUT2D eigenvalue weighted by Crippen LogP contribution is -2.20. The first-order valence-electron chi connectivity index (χ1n) is 11.1. The molecule has 4 aromatic rings. The Labute approximate surface area is 195 Å². The highest BCUT2D eigenvalue weighted by molar-refractivity contribution is 7.62. The fourth-order valence-electron chi connectivity index (χ4n) is 3.74. The van der Waals surface area contributed by atoms with Gasteiger partial charge in [-0.05, 0) is 49.9 Å². The van der Waals surface area contributed by atoms with Crippen molar-refractivity contribution in [3.63, 3.8) is 0 Å². The van der Waals surface area contributed by atoms with Crippen LogP contribution < -0.4 is 26.0 Å². The zero-order valence-electron chi connectivity index (χ0n) is 18.9. The topological polar surface area (TPSA) is 9.23 Å². The Bertz CT molecular complexity index is 1150. The lowest BCUT2D eigenvalue weighted by Gasteiger charge is -2.12. The van der Waals surface area contributed by atoms with E-state index < -0.39 is 0 Å². The summed E-state index contributed by atoms with van der Waals surface area (Å²) in [4.78, 5) is 0. The highest BCUT2D eigenvalue weighted by atomic mass is 31.1. The molecule has 0 aliphatic rings. The van der Waals surface area contributed by atoms with Gasteiger partial charge in [-0.3, -0.25) is 0 Å². The maximum Gasteiger partial charge on any atom is 0.122 e. The summed E-state index contributed by atoms with van der Waals surface area (Å²) in [6.07, 6.45) is 0.887. The largest absolute Gasteiger partial charge is 0.496 e. The maximum absolute atomic E-state index is 5.50. The van der Waals surface area contributed by atoms with Crippen molar-refractivity contribution in [2.45, 2.75) is 26.2 Å². The van der Waals surface area contributed by atoms with Crippen molar-refractivity contribution in [1.29, 1.82) is 0 Å². The van der Waals surface area contributed by atoms with Gasteiger partial charge in [0.25, 0.3) is 0 Å². The molecule has 0 fully saturated rings. The van der Waals surface area contributed by atoms with Gasteiger partial charge in [0, 0.05) is 6.42 Å². The standard InChI is InChI=1S/C29H30OP2/c1-21(2)23-14-18-26(19-15-23)32-29-11-7-6-10-28(29)31-25-16-12-22(13-17-25)20-24-8-4-5-9-27(24)30-3/h4-19,21,31-32H,20H2,1-3H3. The van der Waals surface area contributed by atoms with E-state index in [9.17, 15) is 0 Å². The molecule has 3 heteroatoms. The lowest BCUT2D eigenvalue weighted by atomic mass is 10.0. The van der Waals surface area contributed by atoms with Gasteiger partial charge in [-0.15, -0.1) is 0 Å². The van der Waals surface area contributed by atoms with Crippen LogP contribution in [-0.2, 0) is 6.42 Å². The van der Waals surface area contributed by atoms with E-state index in [2.05, 4.69) is 98.8 Å². The number of benzene rings is 4. The van der Waals surface area contributed by atoms with Crippen LogP contribution in [0.4, 0.5) is 0 Å². The normalized spacial score (nSPS) is 11.8. The third-order valence-corrected chi connectivity index (χ3v) is 8.51. The Morgan fingerprint density at radius 3 is 1.75 bits per heavy atom. The fraction of sp³-hybridized carbons (Fsp3) is 0.172. The minimum atomic E-state index is 0.576. The molecule has 0 saturated heterocycles. The monoisotopic (exact) mass is 456 g/mol. The van der Waals surface area contributed by atoms with Crippen LogP contribution in [0.5, 0.6) is 5.75 Å². The van der Waals surface area contributed by atoms with E-state index >= 15 is 0 Å². The van der Waals surface area contributed by atoms with Crippen molar-refractivity contribution in [2.24, 2.45) is 0 Å². The molecular weight excluding hydrogens is 426 g/mol. The van der Waals surface area contributed by atoms with Gasteiger partial charge in [-0.25, -0.2) is 0 Å². The molecule has 0 N–H and O–H groups in total. The zero-order valence-corrected chi connectivity index (χ0v) is 20.9. The third-order valence-electron chi connectivity index (χ3n) is 5.60. The highest BCUT2D eigenvalue weighted by Crippen LogP contribution is 2.22. The van der Waals surface area contributed by atoms with E-state index in [1.807, 2.05) is 12.1 Å². The first-order valence-corrected chi connectivity index (χ1v) is 13.1. The van der Waals surface area contributed by atoms with Crippen molar-refractivity contribution in [3.8, 4) is 5.75 Å². The minimum absolute atomic E-state index is 0.576. The number of para-hydroxylation sites is 1. The SMILES string of the molecule is COc1ccccc1Cc1ccc(Pc2ccccc2Pc2ccc(C(C)C)cc2)cc1. The summed E-state index contributed by atoms with van der Waals surface area (Å²) in [6, 6.07) is 35.3. The molecule has 0 bridgehead atoms. The highest BCUT2D eigenvalue weighted by Gasteiger charge is 2.07. The summed E-state index contributed by atoms with van der Waals surface area (Å²) < 4.78 is 5.50. The number of hydrogen-bond donors (Lipinski definition) is 0. The summed E-state index contributed by atoms with van der Waals surface area (Å²) in [6.45, 7) is 4.49. The lowest BCUT2D eigenvalue weighted by molar-refractivity contribution is 0.410. The van der Waals surface area contributed by atoms with E-state index in [-0.39, 0.29) is 0 Å². The molecule has 1 nitrogen and oxygen atoms in total. The van der Waals surface area contributed by atoms with Gasteiger partial charge < -0.3 is 4.74 Å². The number of methoxy groups -OCH3 is 1. The smallest absolute Gasteiger partial charge is 0.122 e. The minimum Gasteiger partial charge on any atom is -0.496 e. The van der Waals surface area contributed by atoms with E-state index in [4.69, 9.17) is 4.74 Å². The molecular formula is C29H30OP2. The second kappa shape index (κ2) is 10.9. The van der Waals surface area contributed by atoms with Gasteiger partial charge in [0.1, 0.15) is 5.75 Å². The van der Waals surface area contributed by atoms with E-state index in [1.165, 1.54) is 37.9 Å². The van der Waals surface area contributed by atoms with Crippen LogP contribution in [0.1, 0.15) is 36.5 Å². The van der Waals surface area contributed by atoms with Crippen LogP contribution in [0.15, 0.2) is 97.1 Å². The Morgan fingerprint density at radius 2 is 1.19 bits per heavy atom. The van der Waals surface area contributed by atoms with Crippen LogP contribution in [0, 0.1) is 0 Å². The van der Waals surface area contributed by atoms with Gasteiger partial charge in [-0.1, -0.05) is 122 Å². The molecule has 0 aromatic heterocycles. The molecule has 32 heavy (non-hydrogen) atoms. The predicted octanol–water partition coefficient (Wildman–Crippen LogP) is 5.67. The third kappa shape index (κ3) is 5.86. The molecule has 0 spiro atoms. The first kappa shape index (κ1) is 22.7. The fourth-order valence-corrected chi connectivity index (χ4v) is 6.20. The Hall–Kier alpha value is -2.46. The average molecular weight is 457 g/mol. The van der Waals surface area contributed by atoms with Crippen LogP contribution in [0.2, 0.25) is 0 Å². The first-order chi connectivity index (χ1) is 15.6. The van der Waals surface area contributed by atoms with Crippen LogP contribution in [0.3, 0.4) is 0 Å². The van der Waals surface area contributed by atoms with Gasteiger partial charge in [-0.2, -0.15) is 0 Å². The number of hydrogen-bond acceptors (Lipinski definition) is 1. The van der Waals surface area contributed by atoms with Gasteiger partial charge in [0.15, 0.2) is 0 Å². The van der Waals surface area contributed by atoms with Crippen LogP contribution in [-0.4, -0.2) is 7.11 Å². The second-order valence-corrected chi connectivity index (χ2v) is 11.0.